The molecule has 4 aliphatic rings. The highest BCUT2D eigenvalue weighted by Gasteiger charge is 2.55. The van der Waals surface area contributed by atoms with Gasteiger partial charge >= 0.3 is 29.8 Å². The molecule has 0 saturated carbocycles. The molecule has 0 unspecified atom stereocenters. The van der Waals surface area contributed by atoms with Crippen LogP contribution in [0.4, 0.5) is 0 Å². The second-order valence-electron chi connectivity index (χ2n) is 22.2. The lowest BCUT2D eigenvalue weighted by molar-refractivity contribution is -0.301. The fourth-order valence-corrected chi connectivity index (χ4v) is 11.3. The Bertz CT molecular complexity index is 3460. The zero-order chi connectivity index (χ0) is 65.8. The van der Waals surface area contributed by atoms with E-state index in [1.54, 1.807) is 60.7 Å². The average Bonchev–Trinajstić information content (AvgIpc) is 0.935. The Balaban J connectivity index is 0.000000262. The lowest BCUT2D eigenvalue weighted by Crippen LogP contribution is -2.64. The van der Waals surface area contributed by atoms with Gasteiger partial charge in [0, 0.05) is 81.0 Å². The summed E-state index contributed by atoms with van der Waals surface area (Å²) in [5.41, 5.74) is 9.89. The van der Waals surface area contributed by atoms with E-state index in [4.69, 9.17) is 61.1 Å². The number of amides is 2. The van der Waals surface area contributed by atoms with Crippen LogP contribution in [0.3, 0.4) is 0 Å². The minimum Gasteiger partial charge on any atom is -0.479 e. The number of carboxylic acids is 1. The summed E-state index contributed by atoms with van der Waals surface area (Å²) in [6, 6.07) is 21.8. The largest absolute Gasteiger partial charge is 0.479 e. The predicted octanol–water partition coefficient (Wildman–Crippen LogP) is 4.69. The molecule has 25 heteroatoms. The van der Waals surface area contributed by atoms with Crippen LogP contribution in [0.25, 0.3) is 12.2 Å². The van der Waals surface area contributed by atoms with Gasteiger partial charge in [-0.3, -0.25) is 33.6 Å². The summed E-state index contributed by atoms with van der Waals surface area (Å²) >= 11 is 12.6. The van der Waals surface area contributed by atoms with Crippen molar-refractivity contribution in [3.63, 3.8) is 0 Å². The molecule has 4 aromatic rings. The number of ketones is 2. The molecule has 2 aliphatic carbocycles. The Morgan fingerprint density at radius 1 is 0.567 bits per heavy atom. The first-order chi connectivity index (χ1) is 42.6. The number of aliphatic hydroxyl groups excluding tert-OH is 3. The Hall–Kier alpha value is -7.71. The number of aliphatic hydroxyl groups is 3. The summed E-state index contributed by atoms with van der Waals surface area (Å²) in [5.74, 6) is -5.92. The highest BCUT2D eigenvalue weighted by atomic mass is 35.5. The average molecular weight is 1290 g/mol. The first-order valence-corrected chi connectivity index (χ1v) is 29.5. The summed E-state index contributed by atoms with van der Waals surface area (Å²) in [7, 11) is 1.08. The first kappa shape index (κ1) is 69.8. The van der Waals surface area contributed by atoms with Crippen LogP contribution < -0.4 is 0 Å². The van der Waals surface area contributed by atoms with Gasteiger partial charge in [0.25, 0.3) is 0 Å². The van der Waals surface area contributed by atoms with E-state index < -0.39 is 91.3 Å². The molecular weight excluding hydrogens is 1220 g/mol. The molecule has 0 spiro atoms. The van der Waals surface area contributed by atoms with Crippen molar-refractivity contribution in [3.05, 3.63) is 150 Å². The van der Waals surface area contributed by atoms with Gasteiger partial charge in [-0.25, -0.2) is 9.59 Å². The van der Waals surface area contributed by atoms with Crippen molar-refractivity contribution in [1.82, 2.24) is 9.80 Å². The van der Waals surface area contributed by atoms with E-state index in [2.05, 4.69) is 0 Å². The van der Waals surface area contributed by atoms with Crippen LogP contribution in [0.5, 0.6) is 0 Å². The van der Waals surface area contributed by atoms with E-state index in [1.165, 1.54) is 9.80 Å². The van der Waals surface area contributed by atoms with Crippen molar-refractivity contribution in [2.75, 3.05) is 46.5 Å². The molecular formula is C65H72Cl2N2O21. The van der Waals surface area contributed by atoms with E-state index in [1.807, 2.05) is 52.0 Å². The molecule has 2 fully saturated rings. The summed E-state index contributed by atoms with van der Waals surface area (Å²) in [6.07, 6.45) is -12.6. The van der Waals surface area contributed by atoms with Crippen molar-refractivity contribution >= 4 is 88.6 Å². The number of aliphatic carboxylic acids is 1. The molecule has 0 bridgehead atoms. The zero-order valence-corrected chi connectivity index (χ0v) is 52.3. The molecule has 90 heavy (non-hydrogen) atoms. The number of halogens is 2. The number of nitrogens with zero attached hydrogens (tertiary/aromatic N) is 2. The van der Waals surface area contributed by atoms with Gasteiger partial charge in [-0.1, -0.05) is 95.0 Å². The third-order valence-electron chi connectivity index (χ3n) is 15.3. The number of carbonyl (C=O) groups excluding carboxylic acids is 8. The van der Waals surface area contributed by atoms with E-state index in [0.717, 1.165) is 72.4 Å². The van der Waals surface area contributed by atoms with Gasteiger partial charge < -0.3 is 68.1 Å². The Labute approximate surface area is 529 Å². The normalized spacial score (nSPS) is 22.6. The molecule has 8 rings (SSSR count). The predicted molar refractivity (Wildman–Crippen MR) is 322 cm³/mol. The van der Waals surface area contributed by atoms with Gasteiger partial charge in [-0.05, 0) is 96.5 Å². The molecule has 2 amide bonds. The molecule has 4 N–H and O–H groups in total. The first-order valence-electron chi connectivity index (χ1n) is 28.7. The number of carbonyl (C=O) groups is 9. The van der Waals surface area contributed by atoms with Crippen LogP contribution >= 0.6 is 23.2 Å². The fraction of sp³-hybridized carbons (Fsp3) is 0.431. The second-order valence-corrected chi connectivity index (χ2v) is 23.0. The van der Waals surface area contributed by atoms with E-state index in [0.29, 0.717) is 32.3 Å². The third-order valence-corrected chi connectivity index (χ3v) is 16.1. The van der Waals surface area contributed by atoms with Gasteiger partial charge in [0.15, 0.2) is 54.7 Å². The van der Waals surface area contributed by atoms with Gasteiger partial charge in [0.2, 0.25) is 11.8 Å². The molecule has 2 aliphatic heterocycles. The standard InChI is InChI=1S/C36H40ClNO12.C29H32ClNO9/c1-19-13-20(2)27-17-29(42)26(15-25(27)14-19)18-38(30(43)16-24-9-7-8-10-28(24)37)11-12-46-36-34(49-23(5)41)32(48-22(4)40)31(47-21(3)39)33(50-36)35(44)45-6;1-15-9-16(2)20-13-22(32)19(11-18(20)10-15)14-31(23(33)12-17-5-3-4-6-21(17)30)7-8-39-29-26(36)24(34)25(35)27(40-29)28(37)38/h7-10,13-15,31-34,36H,11-12,16-18H2,1-6H3;3-6,9-11,24-27,29,34-36H,7-8,12-14H2,1-2H3,(H,37,38)/t31-,32-,33-,34+,36+;24-,25-,26+,27-,29+/m00/s1. The van der Waals surface area contributed by atoms with Crippen molar-refractivity contribution < 1.29 is 101 Å². The lowest BCUT2D eigenvalue weighted by atomic mass is 9.87. The van der Waals surface area contributed by atoms with Gasteiger partial charge in [0.1, 0.15) is 18.3 Å². The number of hydrogen-bond acceptors (Lipinski definition) is 20. The molecule has 0 aromatic heterocycles. The number of benzene rings is 4. The number of aryl methyl sites for hydroxylation is 4. The number of Topliss-reactive ketones (excluding diaryl/α,β-unsaturated/α-hetero) is 2. The van der Waals surface area contributed by atoms with Crippen molar-refractivity contribution in [1.29, 1.82) is 0 Å². The molecule has 4 aromatic carbocycles. The second kappa shape index (κ2) is 31.3. The van der Waals surface area contributed by atoms with Gasteiger partial charge in [0.05, 0.1) is 33.2 Å². The Morgan fingerprint density at radius 2 is 0.989 bits per heavy atom. The quantitative estimate of drug-likeness (QED) is 0.0649. The summed E-state index contributed by atoms with van der Waals surface area (Å²) in [6.45, 7) is 10.4. The maximum Gasteiger partial charge on any atom is 0.339 e. The molecule has 10 atom stereocenters. The van der Waals surface area contributed by atoms with Crippen LogP contribution in [0, 0.1) is 27.7 Å². The highest BCUT2D eigenvalue weighted by molar-refractivity contribution is 6.32. The number of hydrogen-bond donors (Lipinski definition) is 4. The molecule has 2 saturated heterocycles. The number of fused-ring (bicyclic) bond motifs is 2. The minimum atomic E-state index is -1.85. The van der Waals surface area contributed by atoms with Crippen LogP contribution in [0.15, 0.2) is 83.9 Å². The van der Waals surface area contributed by atoms with Crippen molar-refractivity contribution in [2.45, 2.75) is 136 Å². The number of esters is 4. The minimum absolute atomic E-state index is 0.00885. The molecule has 23 nitrogen and oxygen atoms in total. The van der Waals surface area contributed by atoms with Crippen molar-refractivity contribution in [2.24, 2.45) is 0 Å². The number of methoxy groups -OCH3 is 1. The van der Waals surface area contributed by atoms with Crippen LogP contribution in [0.2, 0.25) is 10.0 Å². The third kappa shape index (κ3) is 17.8. The van der Waals surface area contributed by atoms with Gasteiger partial charge in [-0.2, -0.15) is 0 Å². The molecule has 0 radical (unpaired) electrons. The van der Waals surface area contributed by atoms with Crippen LogP contribution in [-0.4, -0.2) is 191 Å². The number of rotatable bonds is 21. The lowest BCUT2D eigenvalue weighted by Gasteiger charge is -2.43. The van der Waals surface area contributed by atoms with E-state index in [-0.39, 0.29) is 88.5 Å². The van der Waals surface area contributed by atoms with Crippen LogP contribution in [0.1, 0.15) is 76.4 Å². The Morgan fingerprint density at radius 3 is 1.42 bits per heavy atom. The SMILES string of the molecule is COC(=O)[C@H]1O[C@@H](OCCN(CC2=Cc3cc(C)cc(C)c3CC2=O)C(=O)Cc2ccccc2Cl)[C@H](OC(C)=O)[C@@H](OC(C)=O)[C@@H]1OC(C)=O.Cc1cc(C)c2c(c1)C=C(CN(CCO[C@@H]1O[C@H](C(=O)O)[C@@H](O)[C@H](O)[C@H]1O)C(=O)Cc1ccccc1Cl)C(=O)C2. The summed E-state index contributed by atoms with van der Waals surface area (Å²) in [5, 5.41) is 40.2. The van der Waals surface area contributed by atoms with E-state index in [9.17, 15) is 63.6 Å². The summed E-state index contributed by atoms with van der Waals surface area (Å²) in [4.78, 5) is 117. The number of ether oxygens (including phenoxy) is 8. The smallest absolute Gasteiger partial charge is 0.339 e. The number of carboxylic acid groups (broad SMARTS) is 1. The fourth-order valence-electron chi connectivity index (χ4n) is 10.9. The topological polar surface area (TPSA) is 315 Å². The Kier molecular flexibility index (Phi) is 24.3. The molecule has 482 valence electrons. The van der Waals surface area contributed by atoms with Crippen molar-refractivity contribution in [3.8, 4) is 0 Å². The highest BCUT2D eigenvalue weighted by Crippen LogP contribution is 2.33. The maximum atomic E-state index is 13.8. The maximum absolute atomic E-state index is 13.8. The van der Waals surface area contributed by atoms with E-state index >= 15 is 0 Å². The zero-order valence-electron chi connectivity index (χ0n) is 50.8. The van der Waals surface area contributed by atoms with Crippen LogP contribution in [-0.2, 0) is 107 Å². The monoisotopic (exact) mass is 1290 g/mol. The van der Waals surface area contributed by atoms with Gasteiger partial charge in [-0.15, -0.1) is 0 Å². The summed E-state index contributed by atoms with van der Waals surface area (Å²) < 4.78 is 43.4. The molecule has 2 heterocycles.